The molecule has 9 aromatic rings. The average Bonchev–Trinajstić information content (AvgIpc) is 3.74. The minimum absolute atomic E-state index is 0.0123. The highest BCUT2D eigenvalue weighted by Crippen LogP contribution is 2.57. The largest absolute Gasteiger partial charge is 0.355 e. The molecule has 9 aromatic carbocycles. The molecule has 13 rings (SSSR count). The first-order chi connectivity index (χ1) is 38.1. The van der Waals surface area contributed by atoms with Crippen LogP contribution in [0.5, 0.6) is 0 Å². The predicted octanol–water partition coefficient (Wildman–Crippen LogP) is 19.3. The first-order valence-corrected chi connectivity index (χ1v) is 29.6. The molecule has 4 heteroatoms. The van der Waals surface area contributed by atoms with E-state index in [2.05, 4.69) is 281 Å². The van der Waals surface area contributed by atoms with E-state index in [1.165, 1.54) is 136 Å². The van der Waals surface area contributed by atoms with Gasteiger partial charge in [-0.1, -0.05) is 196 Å². The Balaban J connectivity index is 1.17. The third-order valence-electron chi connectivity index (χ3n) is 19.8. The van der Waals surface area contributed by atoms with Crippen LogP contribution in [-0.4, -0.2) is 7.28 Å². The molecular formula is C76H78BN3. The van der Waals surface area contributed by atoms with Crippen LogP contribution < -0.4 is 26.0 Å². The summed E-state index contributed by atoms with van der Waals surface area (Å²) in [5.74, 6) is 0. The van der Waals surface area contributed by atoms with E-state index in [0.29, 0.717) is 0 Å². The van der Waals surface area contributed by atoms with Crippen LogP contribution in [0.3, 0.4) is 0 Å². The molecule has 400 valence electrons. The Morgan fingerprint density at radius 3 is 1.65 bits per heavy atom. The molecule has 0 atom stereocenters. The summed E-state index contributed by atoms with van der Waals surface area (Å²) in [6.45, 7) is 31.3. The fourth-order valence-corrected chi connectivity index (χ4v) is 14.7. The summed E-state index contributed by atoms with van der Waals surface area (Å²) in [5, 5.41) is 4.24. The molecule has 0 saturated carbocycles. The molecule has 0 saturated heterocycles. The van der Waals surface area contributed by atoms with Crippen LogP contribution in [0.25, 0.3) is 33.4 Å². The van der Waals surface area contributed by atoms with E-state index in [1.807, 2.05) is 0 Å². The van der Waals surface area contributed by atoms with E-state index in [4.69, 9.17) is 0 Å². The van der Waals surface area contributed by atoms with Crippen LogP contribution in [-0.2, 0) is 27.1 Å². The lowest BCUT2D eigenvalue weighted by atomic mass is 9.57. The molecule has 0 radical (unpaired) electrons. The SMILES string of the molecule is Cc1ccccc1N(c1cc(-c2c(Nc3ccc4c(c3)C(C)(C)CCC4(C)C)ccc3c2-c2ccccc2C3(C)C)c2c(c1)N(c1cc3c(cc1C)C(C)(C)CCC3(C)C)c1ccc(-c3ccccc3)cc1B2)c1ccccc1C. The summed E-state index contributed by atoms with van der Waals surface area (Å²) < 4.78 is 0. The second-order valence-electron chi connectivity index (χ2n) is 27.3. The molecule has 0 amide bonds. The summed E-state index contributed by atoms with van der Waals surface area (Å²) in [4.78, 5) is 5.23. The maximum absolute atomic E-state index is 4.24. The van der Waals surface area contributed by atoms with Crippen molar-refractivity contribution < 1.29 is 0 Å². The van der Waals surface area contributed by atoms with Crippen molar-refractivity contribution in [2.45, 2.75) is 143 Å². The zero-order chi connectivity index (χ0) is 55.8. The summed E-state index contributed by atoms with van der Waals surface area (Å²) in [6, 6.07) is 67.7. The molecule has 1 aliphatic heterocycles. The van der Waals surface area contributed by atoms with Gasteiger partial charge in [-0.3, -0.25) is 0 Å². The standard InChI is InChI=1S/C76H78BN3/c1-47-23-17-21-29-64(47)79(65-30-22-18-24-48(65)2)53-44-55(70-63(35-34-58-69(70)54-27-19-20-28-56(54)76(58,12)13)78-52-32-33-57-60(43-52)74(8,9)38-37-72(57,4)5)71-68(45-53)80(66-36-31-51(42-62(66)77-71)50-25-15-14-16-26-50)67-46-61-59(41-49(67)3)73(6,7)39-40-75(61,10)11/h14-36,41-46,77-78H,37-40H2,1-13H3. The first kappa shape index (κ1) is 51.9. The highest BCUT2D eigenvalue weighted by atomic mass is 15.2. The number of aryl methyl sites for hydroxylation is 3. The lowest BCUT2D eigenvalue weighted by Crippen LogP contribution is -2.42. The number of hydrogen-bond acceptors (Lipinski definition) is 3. The Bertz CT molecular complexity index is 3940. The average molecular weight is 1040 g/mol. The number of benzene rings is 9. The topological polar surface area (TPSA) is 18.5 Å². The van der Waals surface area contributed by atoms with Crippen molar-refractivity contribution in [3.63, 3.8) is 0 Å². The van der Waals surface area contributed by atoms with Crippen molar-refractivity contribution in [3.8, 4) is 33.4 Å². The summed E-state index contributed by atoms with van der Waals surface area (Å²) in [7, 11) is 0.755. The predicted molar refractivity (Wildman–Crippen MR) is 345 cm³/mol. The van der Waals surface area contributed by atoms with Gasteiger partial charge in [-0.25, -0.2) is 0 Å². The quantitative estimate of drug-likeness (QED) is 0.153. The molecule has 0 fully saturated rings. The van der Waals surface area contributed by atoms with Gasteiger partial charge in [0.25, 0.3) is 0 Å². The highest BCUT2D eigenvalue weighted by Gasteiger charge is 2.42. The van der Waals surface area contributed by atoms with Gasteiger partial charge in [0.2, 0.25) is 0 Å². The third-order valence-corrected chi connectivity index (χ3v) is 19.8. The number of hydrogen-bond donors (Lipinski definition) is 1. The second kappa shape index (κ2) is 18.5. The van der Waals surface area contributed by atoms with Gasteiger partial charge >= 0.3 is 0 Å². The maximum Gasteiger partial charge on any atom is 0.198 e. The van der Waals surface area contributed by atoms with Gasteiger partial charge in [0.15, 0.2) is 7.28 Å². The van der Waals surface area contributed by atoms with Crippen LogP contribution in [0.4, 0.5) is 45.5 Å². The molecule has 3 aliphatic carbocycles. The number of rotatable bonds is 8. The van der Waals surface area contributed by atoms with Gasteiger partial charge in [-0.2, -0.15) is 0 Å². The molecule has 0 aromatic heterocycles. The van der Waals surface area contributed by atoms with E-state index in [0.717, 1.165) is 37.2 Å². The second-order valence-corrected chi connectivity index (χ2v) is 27.3. The van der Waals surface area contributed by atoms with Gasteiger partial charge < -0.3 is 15.1 Å². The zero-order valence-corrected chi connectivity index (χ0v) is 49.7. The Kier molecular flexibility index (Phi) is 12.0. The molecule has 4 aliphatic rings. The third kappa shape index (κ3) is 8.29. The molecular weight excluding hydrogens is 966 g/mol. The Morgan fingerprint density at radius 1 is 0.412 bits per heavy atom. The monoisotopic (exact) mass is 1040 g/mol. The van der Waals surface area contributed by atoms with E-state index >= 15 is 0 Å². The smallest absolute Gasteiger partial charge is 0.198 e. The van der Waals surface area contributed by atoms with Crippen molar-refractivity contribution in [1.29, 1.82) is 0 Å². The van der Waals surface area contributed by atoms with Crippen molar-refractivity contribution in [2.75, 3.05) is 15.1 Å². The van der Waals surface area contributed by atoms with Gasteiger partial charge in [0.1, 0.15) is 0 Å². The molecule has 80 heavy (non-hydrogen) atoms. The summed E-state index contributed by atoms with van der Waals surface area (Å²) >= 11 is 0. The molecule has 1 heterocycles. The summed E-state index contributed by atoms with van der Waals surface area (Å²) in [6.07, 6.45) is 4.65. The van der Waals surface area contributed by atoms with Crippen molar-refractivity contribution in [2.24, 2.45) is 0 Å². The molecule has 3 nitrogen and oxygen atoms in total. The van der Waals surface area contributed by atoms with Crippen molar-refractivity contribution >= 4 is 63.7 Å². The number of nitrogens with one attached hydrogen (secondary N) is 1. The van der Waals surface area contributed by atoms with Gasteiger partial charge in [0.05, 0.1) is 0 Å². The minimum atomic E-state index is -0.226. The van der Waals surface area contributed by atoms with E-state index in [9.17, 15) is 0 Å². The Morgan fingerprint density at radius 2 is 0.988 bits per heavy atom. The van der Waals surface area contributed by atoms with Crippen LogP contribution in [0.2, 0.25) is 0 Å². The van der Waals surface area contributed by atoms with Crippen LogP contribution in [0, 0.1) is 20.8 Å². The van der Waals surface area contributed by atoms with Gasteiger partial charge in [-0.15, -0.1) is 0 Å². The highest BCUT2D eigenvalue weighted by molar-refractivity contribution is 6.73. The van der Waals surface area contributed by atoms with Gasteiger partial charge in [0, 0.05) is 56.5 Å². The van der Waals surface area contributed by atoms with Crippen molar-refractivity contribution in [3.05, 3.63) is 226 Å². The van der Waals surface area contributed by atoms with E-state index < -0.39 is 0 Å². The maximum atomic E-state index is 4.24. The van der Waals surface area contributed by atoms with Gasteiger partial charge in [-0.05, 0) is 206 Å². The Labute approximate surface area is 478 Å². The molecule has 0 bridgehead atoms. The zero-order valence-electron chi connectivity index (χ0n) is 49.7. The summed E-state index contributed by atoms with van der Waals surface area (Å²) in [5.41, 5.74) is 32.0. The molecule has 0 spiro atoms. The van der Waals surface area contributed by atoms with Crippen LogP contribution >= 0.6 is 0 Å². The lowest BCUT2D eigenvalue weighted by molar-refractivity contribution is 0.332. The number of para-hydroxylation sites is 2. The molecule has 0 unspecified atom stereocenters. The Hall–Kier alpha value is -7.56. The van der Waals surface area contributed by atoms with Crippen LogP contribution in [0.1, 0.15) is 145 Å². The number of nitrogens with zero attached hydrogens (tertiary/aromatic N) is 2. The van der Waals surface area contributed by atoms with E-state index in [-0.39, 0.29) is 27.1 Å². The fourth-order valence-electron chi connectivity index (χ4n) is 14.7. The molecule has 1 N–H and O–H groups in total. The number of anilines is 8. The number of fused-ring (bicyclic) bond motifs is 7. The minimum Gasteiger partial charge on any atom is -0.355 e. The first-order valence-electron chi connectivity index (χ1n) is 29.6. The fraction of sp³-hybridized carbons (Fsp3) is 0.289. The van der Waals surface area contributed by atoms with Crippen molar-refractivity contribution in [1.82, 2.24) is 0 Å². The van der Waals surface area contributed by atoms with Crippen LogP contribution in [0.15, 0.2) is 176 Å². The normalized spacial score (nSPS) is 17.2. The van der Waals surface area contributed by atoms with E-state index in [1.54, 1.807) is 0 Å². The lowest BCUT2D eigenvalue weighted by Gasteiger charge is -2.44.